The van der Waals surface area contributed by atoms with Gasteiger partial charge in [-0.1, -0.05) is 0 Å². The highest BCUT2D eigenvalue weighted by Gasteiger charge is 2.35. The molecule has 0 bridgehead atoms. The van der Waals surface area contributed by atoms with Crippen LogP contribution in [-0.2, 0) is 14.6 Å². The zero-order chi connectivity index (χ0) is 14.8. The lowest BCUT2D eigenvalue weighted by Gasteiger charge is -2.27. The third-order valence-electron chi connectivity index (χ3n) is 3.26. The number of thiophene rings is 1. The second kappa shape index (κ2) is 6.71. The Morgan fingerprint density at radius 3 is 2.85 bits per heavy atom. The summed E-state index contributed by atoms with van der Waals surface area (Å²) in [7, 11) is -1.44. The minimum absolute atomic E-state index is 0.0592. The van der Waals surface area contributed by atoms with Crippen LogP contribution < -0.4 is 0 Å². The first kappa shape index (κ1) is 16.2. The van der Waals surface area contributed by atoms with Crippen molar-refractivity contribution >= 4 is 49.7 Å². The maximum Gasteiger partial charge on any atom is 0.255 e. The van der Waals surface area contributed by atoms with Crippen molar-refractivity contribution in [2.24, 2.45) is 0 Å². The number of nitrogens with zero attached hydrogens (tertiary/aromatic N) is 1. The second-order valence-electron chi connectivity index (χ2n) is 4.69. The second-order valence-corrected chi connectivity index (χ2v) is 9.72. The molecule has 0 N–H and O–H groups in total. The monoisotopic (exact) mass is 429 g/mol. The number of hydrogen-bond donors (Lipinski definition) is 0. The Morgan fingerprint density at radius 2 is 2.35 bits per heavy atom. The molecule has 1 aromatic rings. The molecular formula is C12H16INO4S2. The fourth-order valence-electron chi connectivity index (χ4n) is 2.25. The van der Waals surface area contributed by atoms with Crippen LogP contribution in [0.2, 0.25) is 0 Å². The van der Waals surface area contributed by atoms with Crippen LogP contribution in [0.25, 0.3) is 0 Å². The summed E-state index contributed by atoms with van der Waals surface area (Å²) in [5, 5.41) is 1.81. The number of amides is 1. The highest BCUT2D eigenvalue weighted by atomic mass is 127. The first-order valence-corrected chi connectivity index (χ1v) is 9.95. The average molecular weight is 429 g/mol. The molecule has 1 atom stereocenters. The van der Waals surface area contributed by atoms with Crippen molar-refractivity contribution in [1.29, 1.82) is 0 Å². The van der Waals surface area contributed by atoms with Gasteiger partial charge in [0.15, 0.2) is 9.84 Å². The van der Waals surface area contributed by atoms with E-state index in [1.54, 1.807) is 12.0 Å². The SMILES string of the molecule is COCCN(C(=O)c1csc(I)c1)C1CCS(=O)(=O)C1. The van der Waals surface area contributed by atoms with Gasteiger partial charge < -0.3 is 9.64 Å². The smallest absolute Gasteiger partial charge is 0.255 e. The van der Waals surface area contributed by atoms with Gasteiger partial charge in [0.2, 0.25) is 0 Å². The van der Waals surface area contributed by atoms with E-state index in [-0.39, 0.29) is 23.5 Å². The van der Waals surface area contributed by atoms with Crippen molar-refractivity contribution in [3.05, 3.63) is 19.9 Å². The van der Waals surface area contributed by atoms with Gasteiger partial charge in [-0.3, -0.25) is 4.79 Å². The Balaban J connectivity index is 2.17. The van der Waals surface area contributed by atoms with Crippen molar-refractivity contribution in [2.75, 3.05) is 31.8 Å². The van der Waals surface area contributed by atoms with Gasteiger partial charge in [0.25, 0.3) is 5.91 Å². The molecule has 1 unspecified atom stereocenters. The van der Waals surface area contributed by atoms with E-state index in [0.29, 0.717) is 25.1 Å². The van der Waals surface area contributed by atoms with E-state index < -0.39 is 9.84 Å². The van der Waals surface area contributed by atoms with Gasteiger partial charge in [-0.15, -0.1) is 11.3 Å². The normalized spacial score (nSPS) is 21.0. The Morgan fingerprint density at radius 1 is 1.60 bits per heavy atom. The van der Waals surface area contributed by atoms with Crippen molar-refractivity contribution < 1.29 is 17.9 Å². The molecule has 20 heavy (non-hydrogen) atoms. The predicted molar refractivity (Wildman–Crippen MR) is 87.0 cm³/mol. The lowest BCUT2D eigenvalue weighted by molar-refractivity contribution is 0.0625. The van der Waals surface area contributed by atoms with Crippen LogP contribution in [0.3, 0.4) is 0 Å². The van der Waals surface area contributed by atoms with Gasteiger partial charge in [0.05, 0.1) is 26.6 Å². The summed E-state index contributed by atoms with van der Waals surface area (Å²) in [6.07, 6.45) is 0.513. The van der Waals surface area contributed by atoms with E-state index in [4.69, 9.17) is 4.74 Å². The van der Waals surface area contributed by atoms with E-state index in [0.717, 1.165) is 2.88 Å². The van der Waals surface area contributed by atoms with Crippen LogP contribution in [0.5, 0.6) is 0 Å². The highest BCUT2D eigenvalue weighted by Crippen LogP contribution is 2.23. The largest absolute Gasteiger partial charge is 0.383 e. The maximum atomic E-state index is 12.5. The zero-order valence-corrected chi connectivity index (χ0v) is 14.8. The van der Waals surface area contributed by atoms with Crippen molar-refractivity contribution in [1.82, 2.24) is 4.90 Å². The van der Waals surface area contributed by atoms with E-state index in [1.807, 2.05) is 11.4 Å². The molecule has 1 aliphatic rings. The van der Waals surface area contributed by atoms with Gasteiger partial charge in [-0.2, -0.15) is 0 Å². The number of hydrogen-bond acceptors (Lipinski definition) is 5. The van der Waals surface area contributed by atoms with Gasteiger partial charge >= 0.3 is 0 Å². The molecule has 1 fully saturated rings. The summed E-state index contributed by atoms with van der Waals surface area (Å²) in [5.74, 6) is 0.113. The maximum absolute atomic E-state index is 12.5. The first-order chi connectivity index (χ1) is 9.43. The summed E-state index contributed by atoms with van der Waals surface area (Å²) in [6.45, 7) is 0.825. The molecule has 1 saturated heterocycles. The average Bonchev–Trinajstić information content (AvgIpc) is 2.96. The van der Waals surface area contributed by atoms with Crippen LogP contribution in [0.4, 0.5) is 0 Å². The summed E-state index contributed by atoms with van der Waals surface area (Å²) in [5.41, 5.74) is 0.625. The molecule has 1 aromatic heterocycles. The number of sulfone groups is 1. The molecule has 8 heteroatoms. The fraction of sp³-hybridized carbons (Fsp3) is 0.583. The molecule has 0 saturated carbocycles. The molecule has 0 radical (unpaired) electrons. The molecule has 2 rings (SSSR count). The van der Waals surface area contributed by atoms with E-state index in [1.165, 1.54) is 11.3 Å². The number of halogens is 1. The van der Waals surface area contributed by atoms with Crippen LogP contribution in [0.15, 0.2) is 11.4 Å². The Bertz CT molecular complexity index is 584. The quantitative estimate of drug-likeness (QED) is 0.668. The van der Waals surface area contributed by atoms with Crippen LogP contribution in [0, 0.1) is 2.88 Å². The van der Waals surface area contributed by atoms with E-state index in [9.17, 15) is 13.2 Å². The number of ether oxygens (including phenoxy) is 1. The first-order valence-electron chi connectivity index (χ1n) is 6.17. The zero-order valence-electron chi connectivity index (χ0n) is 11.0. The van der Waals surface area contributed by atoms with Gasteiger partial charge in [0, 0.05) is 25.1 Å². The summed E-state index contributed by atoms with van der Waals surface area (Å²) >= 11 is 3.67. The molecule has 1 aliphatic heterocycles. The minimum atomic E-state index is -3.01. The van der Waals surface area contributed by atoms with Crippen LogP contribution >= 0.6 is 33.9 Å². The molecule has 1 amide bonds. The number of rotatable bonds is 5. The molecular weight excluding hydrogens is 413 g/mol. The van der Waals surface area contributed by atoms with Crippen molar-refractivity contribution in [2.45, 2.75) is 12.5 Å². The molecule has 0 aliphatic carbocycles. The predicted octanol–water partition coefficient (Wildman–Crippen LogP) is 1.63. The number of methoxy groups -OCH3 is 1. The third-order valence-corrected chi connectivity index (χ3v) is 6.80. The van der Waals surface area contributed by atoms with Crippen molar-refractivity contribution in [3.63, 3.8) is 0 Å². The fourth-order valence-corrected chi connectivity index (χ4v) is 5.30. The third kappa shape index (κ3) is 3.92. The Labute approximate surface area is 136 Å². The standard InChI is InChI=1S/C12H16INO4S2/c1-18-4-3-14(10-2-5-20(16,17)8-10)12(15)9-6-11(13)19-7-9/h6-7,10H,2-5,8H2,1H3. The van der Waals surface area contributed by atoms with Crippen molar-refractivity contribution in [3.8, 4) is 0 Å². The van der Waals surface area contributed by atoms with Crippen LogP contribution in [-0.4, -0.2) is 57.0 Å². The Hall–Kier alpha value is -0.190. The molecule has 0 aromatic carbocycles. The van der Waals surface area contributed by atoms with Crippen LogP contribution in [0.1, 0.15) is 16.8 Å². The number of carbonyl (C=O) groups is 1. The van der Waals surface area contributed by atoms with Gasteiger partial charge in [-0.05, 0) is 35.1 Å². The number of carbonyl (C=O) groups excluding carboxylic acids is 1. The minimum Gasteiger partial charge on any atom is -0.383 e. The summed E-state index contributed by atoms with van der Waals surface area (Å²) in [4.78, 5) is 14.2. The summed E-state index contributed by atoms with van der Waals surface area (Å²) < 4.78 is 29.3. The highest BCUT2D eigenvalue weighted by molar-refractivity contribution is 14.1. The molecule has 0 spiro atoms. The topological polar surface area (TPSA) is 63.7 Å². The van der Waals surface area contributed by atoms with E-state index >= 15 is 0 Å². The Kier molecular flexibility index (Phi) is 5.43. The van der Waals surface area contributed by atoms with E-state index in [2.05, 4.69) is 22.6 Å². The molecule has 112 valence electrons. The molecule has 5 nitrogen and oxygen atoms in total. The van der Waals surface area contributed by atoms with Gasteiger partial charge in [0.1, 0.15) is 0 Å². The lowest BCUT2D eigenvalue weighted by atomic mass is 10.2. The van der Waals surface area contributed by atoms with Gasteiger partial charge in [-0.25, -0.2) is 8.42 Å². The molecule has 2 heterocycles. The summed E-state index contributed by atoms with van der Waals surface area (Å²) in [6, 6.07) is 1.59. The lowest BCUT2D eigenvalue weighted by Crippen LogP contribution is -2.42.